The number of amides is 1. The first-order valence-electron chi connectivity index (χ1n) is 11.7. The first-order valence-corrected chi connectivity index (χ1v) is 11.7. The van der Waals surface area contributed by atoms with E-state index in [0.717, 1.165) is 47.9 Å². The molecular formula is C24H32N8O. The maximum absolute atomic E-state index is 13.2. The molecule has 9 nitrogen and oxygen atoms in total. The van der Waals surface area contributed by atoms with Crippen molar-refractivity contribution < 1.29 is 4.79 Å². The summed E-state index contributed by atoms with van der Waals surface area (Å²) >= 11 is 0. The largest absolute Gasteiger partial charge is 0.364 e. The molecule has 1 aliphatic carbocycles. The number of imidazole rings is 1. The van der Waals surface area contributed by atoms with Crippen molar-refractivity contribution in [1.82, 2.24) is 34.4 Å². The number of hydrogen-bond acceptors (Lipinski definition) is 7. The van der Waals surface area contributed by atoms with Crippen LogP contribution in [0, 0.1) is 23.7 Å². The van der Waals surface area contributed by atoms with Gasteiger partial charge in [-0.05, 0) is 31.1 Å². The lowest BCUT2D eigenvalue weighted by molar-refractivity contribution is -0.132. The van der Waals surface area contributed by atoms with Gasteiger partial charge in [0, 0.05) is 44.0 Å². The molecule has 174 valence electrons. The third kappa shape index (κ3) is 3.36. The summed E-state index contributed by atoms with van der Waals surface area (Å²) in [5.41, 5.74) is 2.45. The number of nitrogens with one attached hydrogen (secondary N) is 1. The fourth-order valence-electron chi connectivity index (χ4n) is 5.34. The van der Waals surface area contributed by atoms with E-state index in [1.54, 1.807) is 18.7 Å². The van der Waals surface area contributed by atoms with Gasteiger partial charge in [0.1, 0.15) is 18.0 Å². The minimum absolute atomic E-state index is 0.0531. The molecular weight excluding hydrogens is 416 g/mol. The van der Waals surface area contributed by atoms with Crippen LogP contribution in [0.5, 0.6) is 0 Å². The van der Waals surface area contributed by atoms with Crippen molar-refractivity contribution in [2.24, 2.45) is 16.7 Å². The van der Waals surface area contributed by atoms with E-state index < -0.39 is 0 Å². The van der Waals surface area contributed by atoms with Crippen LogP contribution in [0.3, 0.4) is 0 Å². The summed E-state index contributed by atoms with van der Waals surface area (Å²) in [5.74, 6) is 2.57. The number of rotatable bonds is 5. The second kappa shape index (κ2) is 7.46. The third-order valence-corrected chi connectivity index (χ3v) is 8.00. The number of anilines is 1. The second-order valence-corrected chi connectivity index (χ2v) is 10.4. The van der Waals surface area contributed by atoms with E-state index in [1.165, 1.54) is 0 Å². The van der Waals surface area contributed by atoms with Gasteiger partial charge < -0.3 is 14.8 Å². The predicted octanol–water partition coefficient (Wildman–Crippen LogP) is 3.31. The van der Waals surface area contributed by atoms with Crippen molar-refractivity contribution in [2.45, 2.75) is 60.5 Å². The molecule has 1 saturated carbocycles. The highest BCUT2D eigenvalue weighted by Gasteiger charge is 2.69. The highest BCUT2D eigenvalue weighted by Crippen LogP contribution is 2.68. The highest BCUT2D eigenvalue weighted by molar-refractivity contribution is 5.87. The van der Waals surface area contributed by atoms with E-state index in [9.17, 15) is 4.79 Å². The molecule has 9 heteroatoms. The number of aryl methyl sites for hydroxylation is 2. The van der Waals surface area contributed by atoms with E-state index >= 15 is 0 Å². The third-order valence-electron chi connectivity index (χ3n) is 8.00. The Morgan fingerprint density at radius 2 is 1.82 bits per heavy atom. The van der Waals surface area contributed by atoms with Gasteiger partial charge >= 0.3 is 0 Å². The molecule has 0 bridgehead atoms. The Bertz CT molecular complexity index is 1200. The molecule has 1 amide bonds. The number of nitrogens with zero attached hydrogens (tertiary/aromatic N) is 7. The molecule has 4 heterocycles. The van der Waals surface area contributed by atoms with Gasteiger partial charge in [-0.15, -0.1) is 0 Å². The monoisotopic (exact) mass is 448 g/mol. The Balaban J connectivity index is 1.38. The smallest absolute Gasteiger partial charge is 0.226 e. The zero-order valence-corrected chi connectivity index (χ0v) is 20.3. The fourth-order valence-corrected chi connectivity index (χ4v) is 5.34. The summed E-state index contributed by atoms with van der Waals surface area (Å²) in [7, 11) is 0. The number of carbonyl (C=O) groups excluding carboxylic acids is 1. The Labute approximate surface area is 194 Å². The van der Waals surface area contributed by atoms with Crippen LogP contribution in [0.4, 0.5) is 5.82 Å². The molecule has 33 heavy (non-hydrogen) atoms. The summed E-state index contributed by atoms with van der Waals surface area (Å²) in [5, 5.41) is 3.54. The molecule has 1 atom stereocenters. The van der Waals surface area contributed by atoms with Crippen molar-refractivity contribution in [3.63, 3.8) is 0 Å². The minimum Gasteiger partial charge on any atom is -0.364 e. The van der Waals surface area contributed by atoms with Crippen LogP contribution in [0.25, 0.3) is 22.6 Å². The fraction of sp³-hybridized carbons (Fsp3) is 0.583. The van der Waals surface area contributed by atoms with Gasteiger partial charge in [-0.25, -0.2) is 24.9 Å². The van der Waals surface area contributed by atoms with E-state index in [-0.39, 0.29) is 28.7 Å². The van der Waals surface area contributed by atoms with Crippen LogP contribution in [-0.4, -0.2) is 59.4 Å². The molecule has 2 aliphatic rings. The summed E-state index contributed by atoms with van der Waals surface area (Å²) in [6.45, 7) is 14.9. The Morgan fingerprint density at radius 3 is 2.45 bits per heavy atom. The lowest BCUT2D eigenvalue weighted by atomic mass is 10.0. The molecule has 5 rings (SSSR count). The van der Waals surface area contributed by atoms with Crippen molar-refractivity contribution >= 4 is 22.9 Å². The average Bonchev–Trinajstić information content (AvgIpc) is 3.20. The summed E-state index contributed by atoms with van der Waals surface area (Å²) in [4.78, 5) is 37.7. The number of hydrogen-bond donors (Lipinski definition) is 1. The topological polar surface area (TPSA) is 102 Å². The molecule has 0 spiro atoms. The molecule has 0 radical (unpaired) electrons. The summed E-state index contributed by atoms with van der Waals surface area (Å²) in [6, 6.07) is 0.134. The Morgan fingerprint density at radius 1 is 1.12 bits per heavy atom. The van der Waals surface area contributed by atoms with Gasteiger partial charge in [0.05, 0.1) is 5.56 Å². The van der Waals surface area contributed by atoms with Crippen LogP contribution < -0.4 is 5.32 Å². The molecule has 0 aromatic carbocycles. The standard InChI is InChI=1S/C24H32N8O/c1-7-32-20(15-10-25-14(2)26-11-15)30-17-19(27-13-28-21(17)32)29-16-8-9-31(12-16)22(33)18-23(3,4)24(18,5)6/h10-11,13,16,18H,7-9,12H2,1-6H3,(H,27,28,29). The zero-order valence-electron chi connectivity index (χ0n) is 20.3. The van der Waals surface area contributed by atoms with Crippen LogP contribution in [0.1, 0.15) is 46.9 Å². The van der Waals surface area contributed by atoms with Crippen LogP contribution in [0.2, 0.25) is 0 Å². The second-order valence-electron chi connectivity index (χ2n) is 10.4. The SMILES string of the molecule is CCn1c(-c2cnc(C)nc2)nc2c(NC3CCN(C(=O)C4C(C)(C)C4(C)C)C3)ncnc21. The van der Waals surface area contributed by atoms with Gasteiger partial charge in [0.2, 0.25) is 5.91 Å². The molecule has 3 aromatic rings. The van der Waals surface area contributed by atoms with Crippen molar-refractivity contribution in [3.8, 4) is 11.4 Å². The van der Waals surface area contributed by atoms with Crippen LogP contribution in [-0.2, 0) is 11.3 Å². The van der Waals surface area contributed by atoms with Crippen molar-refractivity contribution in [1.29, 1.82) is 0 Å². The maximum atomic E-state index is 13.2. The van der Waals surface area contributed by atoms with Gasteiger partial charge in [-0.1, -0.05) is 27.7 Å². The number of aromatic nitrogens is 6. The van der Waals surface area contributed by atoms with Crippen LogP contribution >= 0.6 is 0 Å². The number of carbonyl (C=O) groups is 1. The van der Waals surface area contributed by atoms with E-state index in [4.69, 9.17) is 4.98 Å². The van der Waals surface area contributed by atoms with Gasteiger partial charge in [-0.3, -0.25) is 4.79 Å². The number of fused-ring (bicyclic) bond motifs is 1. The first-order chi connectivity index (χ1) is 15.6. The lowest BCUT2D eigenvalue weighted by Gasteiger charge is -2.18. The van der Waals surface area contributed by atoms with E-state index in [1.807, 2.05) is 11.8 Å². The molecule has 1 aliphatic heterocycles. The molecule has 3 aromatic heterocycles. The van der Waals surface area contributed by atoms with E-state index in [2.05, 4.69) is 64.4 Å². The average molecular weight is 449 g/mol. The molecule has 1 unspecified atom stereocenters. The summed E-state index contributed by atoms with van der Waals surface area (Å²) in [6.07, 6.45) is 6.04. The Kier molecular flexibility index (Phi) is 4.91. The van der Waals surface area contributed by atoms with Gasteiger partial charge in [-0.2, -0.15) is 0 Å². The van der Waals surface area contributed by atoms with Gasteiger partial charge in [0.15, 0.2) is 17.0 Å². The summed E-state index contributed by atoms with van der Waals surface area (Å²) < 4.78 is 2.05. The highest BCUT2D eigenvalue weighted by atomic mass is 16.2. The quantitative estimate of drug-likeness (QED) is 0.639. The van der Waals surface area contributed by atoms with Crippen molar-refractivity contribution in [2.75, 3.05) is 18.4 Å². The maximum Gasteiger partial charge on any atom is 0.226 e. The zero-order chi connectivity index (χ0) is 23.5. The van der Waals surface area contributed by atoms with Crippen LogP contribution in [0.15, 0.2) is 18.7 Å². The Hall–Kier alpha value is -3.10. The van der Waals surface area contributed by atoms with E-state index in [0.29, 0.717) is 12.4 Å². The molecule has 1 saturated heterocycles. The van der Waals surface area contributed by atoms with Gasteiger partial charge in [0.25, 0.3) is 0 Å². The minimum atomic E-state index is 0.0531. The molecule has 1 N–H and O–H groups in total. The first kappa shape index (κ1) is 21.7. The van der Waals surface area contributed by atoms with Crippen molar-refractivity contribution in [3.05, 3.63) is 24.5 Å². The number of likely N-dealkylation sites (tertiary alicyclic amines) is 1. The normalized spacial score (nSPS) is 21.5. The molecule has 2 fully saturated rings. The predicted molar refractivity (Wildman–Crippen MR) is 126 cm³/mol. The lowest BCUT2D eigenvalue weighted by Crippen LogP contribution is -2.34.